The fourth-order valence-electron chi connectivity index (χ4n) is 3.10. The number of fused-ring (bicyclic) bond motifs is 1. The maximum Gasteiger partial charge on any atom is 0.335 e. The van der Waals surface area contributed by atoms with Gasteiger partial charge in [-0.3, -0.25) is 0 Å². The van der Waals surface area contributed by atoms with Gasteiger partial charge in [-0.2, -0.15) is 0 Å². The van der Waals surface area contributed by atoms with Crippen LogP contribution < -0.4 is 0 Å². The summed E-state index contributed by atoms with van der Waals surface area (Å²) in [5.74, 6) is -0.116. The predicted molar refractivity (Wildman–Crippen MR) is 114 cm³/mol. The zero-order valence-electron chi connectivity index (χ0n) is 15.1. The molecule has 0 radical (unpaired) electrons. The number of benzene rings is 3. The molecule has 0 fully saturated rings. The van der Waals surface area contributed by atoms with E-state index in [0.29, 0.717) is 10.6 Å². The summed E-state index contributed by atoms with van der Waals surface area (Å²) >= 11 is 6.04. The van der Waals surface area contributed by atoms with Gasteiger partial charge in [0.1, 0.15) is 11.3 Å². The second-order valence-corrected chi connectivity index (χ2v) is 7.06. The van der Waals surface area contributed by atoms with E-state index in [1.807, 2.05) is 73.7 Å². The molecule has 0 aliphatic rings. The number of furan rings is 1. The SMILES string of the molecule is Cc1cc(C(=O)O)ccc1/C=C/c1ccc(-c2cc3cc(Cl)ccc3o2)cc1. The summed E-state index contributed by atoms with van der Waals surface area (Å²) in [5.41, 5.74) is 5.06. The quantitative estimate of drug-likeness (QED) is 0.385. The molecule has 3 aromatic carbocycles. The Morgan fingerprint density at radius 2 is 1.75 bits per heavy atom. The van der Waals surface area contributed by atoms with E-state index in [4.69, 9.17) is 21.1 Å². The number of carboxylic acid groups (broad SMARTS) is 1. The Hall–Kier alpha value is -3.30. The average molecular weight is 389 g/mol. The standard InChI is InChI=1S/C24H17ClO3/c1-15-12-19(24(26)27)9-8-17(15)5-2-16-3-6-18(7-4-16)23-14-20-13-21(25)10-11-22(20)28-23/h2-14H,1H3,(H,26,27)/b5-2+. The third kappa shape index (κ3) is 3.71. The van der Waals surface area contributed by atoms with Crippen molar-refractivity contribution in [1.29, 1.82) is 0 Å². The summed E-state index contributed by atoms with van der Waals surface area (Å²) in [6.07, 6.45) is 3.99. The lowest BCUT2D eigenvalue weighted by Crippen LogP contribution is -1.96. The zero-order chi connectivity index (χ0) is 19.7. The number of aryl methyl sites for hydroxylation is 1. The van der Waals surface area contributed by atoms with Crippen molar-refractivity contribution < 1.29 is 14.3 Å². The first kappa shape index (κ1) is 18.1. The van der Waals surface area contributed by atoms with E-state index < -0.39 is 5.97 Å². The molecule has 0 aliphatic heterocycles. The molecule has 4 aromatic rings. The highest BCUT2D eigenvalue weighted by Crippen LogP contribution is 2.30. The number of carboxylic acids is 1. The molecule has 4 heteroatoms. The van der Waals surface area contributed by atoms with Crippen LogP contribution in [0.2, 0.25) is 5.02 Å². The molecule has 0 saturated carbocycles. The predicted octanol–water partition coefficient (Wildman–Crippen LogP) is 6.93. The second kappa shape index (κ2) is 7.37. The summed E-state index contributed by atoms with van der Waals surface area (Å²) in [5, 5.41) is 10.7. The lowest BCUT2D eigenvalue weighted by atomic mass is 10.0. The van der Waals surface area contributed by atoms with E-state index in [-0.39, 0.29) is 0 Å². The number of carbonyl (C=O) groups is 1. The Morgan fingerprint density at radius 1 is 0.964 bits per heavy atom. The van der Waals surface area contributed by atoms with Crippen LogP contribution in [-0.2, 0) is 0 Å². The molecular weight excluding hydrogens is 372 g/mol. The van der Waals surface area contributed by atoms with E-state index in [0.717, 1.165) is 39.0 Å². The highest BCUT2D eigenvalue weighted by Gasteiger charge is 2.07. The summed E-state index contributed by atoms with van der Waals surface area (Å²) in [4.78, 5) is 11.0. The monoisotopic (exact) mass is 388 g/mol. The highest BCUT2D eigenvalue weighted by atomic mass is 35.5. The average Bonchev–Trinajstić information content (AvgIpc) is 3.10. The van der Waals surface area contributed by atoms with Crippen molar-refractivity contribution in [2.45, 2.75) is 6.92 Å². The molecule has 28 heavy (non-hydrogen) atoms. The second-order valence-electron chi connectivity index (χ2n) is 6.62. The van der Waals surface area contributed by atoms with Crippen LogP contribution in [0.1, 0.15) is 27.0 Å². The highest BCUT2D eigenvalue weighted by molar-refractivity contribution is 6.31. The van der Waals surface area contributed by atoms with E-state index in [1.54, 1.807) is 12.1 Å². The topological polar surface area (TPSA) is 50.4 Å². The van der Waals surface area contributed by atoms with Crippen molar-refractivity contribution >= 4 is 40.7 Å². The Morgan fingerprint density at radius 3 is 2.46 bits per heavy atom. The van der Waals surface area contributed by atoms with Crippen LogP contribution in [0.15, 0.2) is 71.1 Å². The largest absolute Gasteiger partial charge is 0.478 e. The third-order valence-electron chi connectivity index (χ3n) is 4.65. The molecule has 1 aromatic heterocycles. The molecule has 0 atom stereocenters. The smallest absolute Gasteiger partial charge is 0.335 e. The van der Waals surface area contributed by atoms with Gasteiger partial charge >= 0.3 is 5.97 Å². The zero-order valence-corrected chi connectivity index (χ0v) is 15.9. The minimum Gasteiger partial charge on any atom is -0.478 e. The van der Waals surface area contributed by atoms with E-state index in [2.05, 4.69) is 0 Å². The molecule has 0 unspecified atom stereocenters. The summed E-state index contributed by atoms with van der Waals surface area (Å²) in [6, 6.07) is 20.7. The first-order chi connectivity index (χ1) is 13.5. The van der Waals surface area contributed by atoms with Crippen LogP contribution in [0.4, 0.5) is 0 Å². The fraction of sp³-hybridized carbons (Fsp3) is 0.0417. The number of hydrogen-bond acceptors (Lipinski definition) is 2. The summed E-state index contributed by atoms with van der Waals surface area (Å²) in [7, 11) is 0. The van der Waals surface area contributed by atoms with Gasteiger partial charge in [0.05, 0.1) is 5.56 Å². The molecule has 0 saturated heterocycles. The Labute approximate surface area is 167 Å². The molecule has 138 valence electrons. The molecule has 4 rings (SSSR count). The van der Waals surface area contributed by atoms with Gasteiger partial charge in [0, 0.05) is 16.0 Å². The van der Waals surface area contributed by atoms with Crippen molar-refractivity contribution in [3.05, 3.63) is 94.0 Å². The Kier molecular flexibility index (Phi) is 4.76. The summed E-state index contributed by atoms with van der Waals surface area (Å²) in [6.45, 7) is 1.91. The minimum atomic E-state index is -0.915. The van der Waals surface area contributed by atoms with Crippen molar-refractivity contribution in [2.75, 3.05) is 0 Å². The van der Waals surface area contributed by atoms with Crippen molar-refractivity contribution in [1.82, 2.24) is 0 Å². The van der Waals surface area contributed by atoms with E-state index in [1.165, 1.54) is 0 Å². The number of halogens is 1. The van der Waals surface area contributed by atoms with Crippen molar-refractivity contribution in [3.8, 4) is 11.3 Å². The lowest BCUT2D eigenvalue weighted by molar-refractivity contribution is 0.0697. The van der Waals surface area contributed by atoms with Gasteiger partial charge < -0.3 is 9.52 Å². The third-order valence-corrected chi connectivity index (χ3v) is 4.88. The van der Waals surface area contributed by atoms with Crippen LogP contribution in [0, 0.1) is 6.92 Å². The molecule has 0 spiro atoms. The molecule has 0 bridgehead atoms. The number of rotatable bonds is 4. The maximum absolute atomic E-state index is 11.0. The van der Waals surface area contributed by atoms with Crippen LogP contribution in [0.25, 0.3) is 34.4 Å². The Bertz CT molecular complexity index is 1200. The van der Waals surface area contributed by atoms with Gasteiger partial charge in [-0.25, -0.2) is 4.79 Å². The molecule has 3 nitrogen and oxygen atoms in total. The van der Waals surface area contributed by atoms with Crippen molar-refractivity contribution in [3.63, 3.8) is 0 Å². The van der Waals surface area contributed by atoms with Crippen LogP contribution >= 0.6 is 11.6 Å². The van der Waals surface area contributed by atoms with Gasteiger partial charge in [-0.15, -0.1) is 0 Å². The number of hydrogen-bond donors (Lipinski definition) is 1. The molecule has 0 aliphatic carbocycles. The minimum absolute atomic E-state index is 0.297. The van der Waals surface area contributed by atoms with Crippen LogP contribution in [0.5, 0.6) is 0 Å². The fourth-order valence-corrected chi connectivity index (χ4v) is 3.28. The lowest BCUT2D eigenvalue weighted by Gasteiger charge is -2.02. The van der Waals surface area contributed by atoms with Crippen LogP contribution in [0.3, 0.4) is 0 Å². The van der Waals surface area contributed by atoms with E-state index in [9.17, 15) is 4.79 Å². The molecule has 1 heterocycles. The van der Waals surface area contributed by atoms with Gasteiger partial charge in [0.2, 0.25) is 0 Å². The van der Waals surface area contributed by atoms with Gasteiger partial charge in [-0.1, -0.05) is 54.1 Å². The summed E-state index contributed by atoms with van der Waals surface area (Å²) < 4.78 is 5.90. The maximum atomic E-state index is 11.0. The van der Waals surface area contributed by atoms with E-state index >= 15 is 0 Å². The van der Waals surface area contributed by atoms with Gasteiger partial charge in [0.15, 0.2) is 0 Å². The molecular formula is C24H17ClO3. The number of aromatic carboxylic acids is 1. The normalized spacial score (nSPS) is 11.4. The Balaban J connectivity index is 1.56. The molecule has 1 N–H and O–H groups in total. The van der Waals surface area contributed by atoms with Gasteiger partial charge in [0.25, 0.3) is 0 Å². The first-order valence-corrected chi connectivity index (χ1v) is 9.19. The van der Waals surface area contributed by atoms with Crippen molar-refractivity contribution in [2.24, 2.45) is 0 Å². The van der Waals surface area contributed by atoms with Gasteiger partial charge in [-0.05, 0) is 60.0 Å². The van der Waals surface area contributed by atoms with Crippen LogP contribution in [-0.4, -0.2) is 11.1 Å². The first-order valence-electron chi connectivity index (χ1n) is 8.81. The molecule has 0 amide bonds.